The van der Waals surface area contributed by atoms with E-state index < -0.39 is 11.6 Å². The molecule has 1 N–H and O–H groups in total. The Bertz CT molecular complexity index is 724. The van der Waals surface area contributed by atoms with E-state index in [1.165, 1.54) is 6.07 Å². The highest BCUT2D eigenvalue weighted by Crippen LogP contribution is 2.26. The summed E-state index contributed by atoms with van der Waals surface area (Å²) in [5, 5.41) is 6.18. The van der Waals surface area contributed by atoms with Crippen LogP contribution in [0.2, 0.25) is 0 Å². The molecule has 2 heterocycles. The largest absolute Gasteiger partial charge is 0.365 e. The monoisotopic (exact) mass is 276 g/mol. The molecule has 0 bridgehead atoms. The number of halogens is 2. The number of rotatable bonds is 3. The van der Waals surface area contributed by atoms with Gasteiger partial charge in [0.05, 0.1) is 0 Å². The Hall–Kier alpha value is -2.01. The predicted molar refractivity (Wildman–Crippen MR) is 73.3 cm³/mol. The van der Waals surface area contributed by atoms with E-state index in [1.807, 2.05) is 17.5 Å². The number of pyridine rings is 1. The number of nitrogens with zero attached hydrogens (tertiary/aromatic N) is 1. The number of thiophene rings is 1. The Labute approximate surface area is 112 Å². The predicted octanol–water partition coefficient (Wildman–Crippen LogP) is 4.19. The molecule has 96 valence electrons. The van der Waals surface area contributed by atoms with Crippen molar-refractivity contribution in [1.82, 2.24) is 4.98 Å². The van der Waals surface area contributed by atoms with Gasteiger partial charge in [-0.15, -0.1) is 11.3 Å². The van der Waals surface area contributed by atoms with Crippen LogP contribution < -0.4 is 5.32 Å². The van der Waals surface area contributed by atoms with Crippen LogP contribution in [0.4, 0.5) is 14.6 Å². The zero-order valence-corrected chi connectivity index (χ0v) is 10.7. The summed E-state index contributed by atoms with van der Waals surface area (Å²) < 4.78 is 27.1. The molecule has 0 saturated heterocycles. The second-order valence-electron chi connectivity index (χ2n) is 4.09. The summed E-state index contributed by atoms with van der Waals surface area (Å²) in [6, 6.07) is 7.81. The van der Waals surface area contributed by atoms with Crippen LogP contribution in [0.3, 0.4) is 0 Å². The summed E-state index contributed by atoms with van der Waals surface area (Å²) >= 11 is 1.64. The van der Waals surface area contributed by atoms with Crippen LogP contribution in [0.15, 0.2) is 41.9 Å². The first-order valence-corrected chi connectivity index (χ1v) is 6.62. The summed E-state index contributed by atoms with van der Waals surface area (Å²) in [5.41, 5.74) is 0.674. The van der Waals surface area contributed by atoms with E-state index in [2.05, 4.69) is 10.3 Å². The Morgan fingerprint density at radius 3 is 2.84 bits per heavy atom. The van der Waals surface area contributed by atoms with Gasteiger partial charge in [0, 0.05) is 22.8 Å². The van der Waals surface area contributed by atoms with Crippen molar-refractivity contribution >= 4 is 27.2 Å². The van der Waals surface area contributed by atoms with Crippen LogP contribution in [0.25, 0.3) is 10.1 Å². The lowest BCUT2D eigenvalue weighted by Crippen LogP contribution is -2.02. The van der Waals surface area contributed by atoms with Crippen LogP contribution in [0.5, 0.6) is 0 Å². The lowest BCUT2D eigenvalue weighted by atomic mass is 10.2. The number of fused-ring (bicyclic) bond motifs is 1. The maximum absolute atomic E-state index is 13.1. The molecule has 0 atom stereocenters. The first-order chi connectivity index (χ1) is 9.24. The number of nitrogens with one attached hydrogen (secondary N) is 1. The standard InChI is InChI=1S/C14H10F2N2S/c15-11-2-1-9(7-12(11)16)8-18-14-10-4-6-19-13(10)3-5-17-14/h1-7H,8H2,(H,17,18). The minimum Gasteiger partial charge on any atom is -0.365 e. The first kappa shape index (κ1) is 12.0. The lowest BCUT2D eigenvalue weighted by Gasteiger charge is -2.07. The summed E-state index contributed by atoms with van der Waals surface area (Å²) in [4.78, 5) is 4.26. The van der Waals surface area contributed by atoms with Crippen LogP contribution in [0, 0.1) is 11.6 Å². The van der Waals surface area contributed by atoms with E-state index in [-0.39, 0.29) is 0 Å². The molecule has 0 fully saturated rings. The van der Waals surface area contributed by atoms with Crippen molar-refractivity contribution in [3.05, 3.63) is 59.1 Å². The van der Waals surface area contributed by atoms with Gasteiger partial charge in [0.15, 0.2) is 11.6 Å². The average Bonchev–Trinajstić information content (AvgIpc) is 2.89. The molecule has 0 spiro atoms. The highest BCUT2D eigenvalue weighted by molar-refractivity contribution is 7.17. The Kier molecular flexibility index (Phi) is 3.13. The fourth-order valence-electron chi connectivity index (χ4n) is 1.87. The third kappa shape index (κ3) is 2.42. The Balaban J connectivity index is 1.82. The molecule has 0 aliphatic carbocycles. The lowest BCUT2D eigenvalue weighted by molar-refractivity contribution is 0.507. The van der Waals surface area contributed by atoms with Crippen molar-refractivity contribution in [2.45, 2.75) is 6.54 Å². The summed E-state index contributed by atoms with van der Waals surface area (Å²) in [7, 11) is 0. The fraction of sp³-hybridized carbons (Fsp3) is 0.0714. The molecule has 0 saturated carbocycles. The smallest absolute Gasteiger partial charge is 0.159 e. The quantitative estimate of drug-likeness (QED) is 0.776. The zero-order chi connectivity index (χ0) is 13.2. The molecule has 3 rings (SSSR count). The van der Waals surface area contributed by atoms with E-state index in [1.54, 1.807) is 23.6 Å². The molecule has 5 heteroatoms. The minimum atomic E-state index is -0.832. The number of hydrogen-bond acceptors (Lipinski definition) is 3. The van der Waals surface area contributed by atoms with Gasteiger partial charge in [0.1, 0.15) is 5.82 Å². The van der Waals surface area contributed by atoms with E-state index in [0.717, 1.165) is 22.0 Å². The molecule has 0 unspecified atom stereocenters. The Morgan fingerprint density at radius 2 is 2.00 bits per heavy atom. The van der Waals surface area contributed by atoms with E-state index >= 15 is 0 Å². The molecule has 0 radical (unpaired) electrons. The molecule has 3 aromatic rings. The van der Waals surface area contributed by atoms with Crippen molar-refractivity contribution < 1.29 is 8.78 Å². The van der Waals surface area contributed by atoms with Gasteiger partial charge < -0.3 is 5.32 Å². The maximum atomic E-state index is 13.1. The van der Waals surface area contributed by atoms with Crippen molar-refractivity contribution in [3.63, 3.8) is 0 Å². The second kappa shape index (κ2) is 4.93. The zero-order valence-electron chi connectivity index (χ0n) is 9.86. The minimum absolute atomic E-state index is 0.402. The van der Waals surface area contributed by atoms with Crippen LogP contribution >= 0.6 is 11.3 Å². The van der Waals surface area contributed by atoms with Gasteiger partial charge in [-0.05, 0) is 35.2 Å². The van der Waals surface area contributed by atoms with Gasteiger partial charge in [-0.1, -0.05) is 6.07 Å². The molecule has 19 heavy (non-hydrogen) atoms. The molecule has 2 nitrogen and oxygen atoms in total. The van der Waals surface area contributed by atoms with Gasteiger partial charge in [0.2, 0.25) is 0 Å². The summed E-state index contributed by atoms with van der Waals surface area (Å²) in [6.45, 7) is 0.402. The molecule has 0 aliphatic heterocycles. The van der Waals surface area contributed by atoms with Crippen molar-refractivity contribution in [3.8, 4) is 0 Å². The van der Waals surface area contributed by atoms with Crippen molar-refractivity contribution in [2.75, 3.05) is 5.32 Å². The SMILES string of the molecule is Fc1ccc(CNc2nccc3sccc23)cc1F. The van der Waals surface area contributed by atoms with Gasteiger partial charge >= 0.3 is 0 Å². The molecule has 2 aromatic heterocycles. The molecular formula is C14H10F2N2S. The maximum Gasteiger partial charge on any atom is 0.159 e. The normalized spacial score (nSPS) is 10.8. The van der Waals surface area contributed by atoms with Gasteiger partial charge in [-0.25, -0.2) is 13.8 Å². The molecular weight excluding hydrogens is 266 g/mol. The average molecular weight is 276 g/mol. The van der Waals surface area contributed by atoms with Crippen molar-refractivity contribution in [1.29, 1.82) is 0 Å². The van der Waals surface area contributed by atoms with Crippen LogP contribution in [0.1, 0.15) is 5.56 Å². The van der Waals surface area contributed by atoms with E-state index in [4.69, 9.17) is 0 Å². The Morgan fingerprint density at radius 1 is 1.11 bits per heavy atom. The number of benzene rings is 1. The van der Waals surface area contributed by atoms with E-state index in [0.29, 0.717) is 12.1 Å². The van der Waals surface area contributed by atoms with Gasteiger partial charge in [-0.3, -0.25) is 0 Å². The van der Waals surface area contributed by atoms with Gasteiger partial charge in [0.25, 0.3) is 0 Å². The van der Waals surface area contributed by atoms with Crippen LogP contribution in [-0.4, -0.2) is 4.98 Å². The number of anilines is 1. The molecule has 0 aliphatic rings. The van der Waals surface area contributed by atoms with Crippen LogP contribution in [-0.2, 0) is 6.54 Å². The summed E-state index contributed by atoms with van der Waals surface area (Å²) in [6.07, 6.45) is 1.73. The third-order valence-electron chi connectivity index (χ3n) is 2.82. The third-order valence-corrected chi connectivity index (χ3v) is 3.71. The van der Waals surface area contributed by atoms with Crippen molar-refractivity contribution in [2.24, 2.45) is 0 Å². The summed E-state index contributed by atoms with van der Waals surface area (Å²) in [5.74, 6) is -0.911. The first-order valence-electron chi connectivity index (χ1n) is 5.74. The highest BCUT2D eigenvalue weighted by atomic mass is 32.1. The molecule has 0 amide bonds. The van der Waals surface area contributed by atoms with E-state index in [9.17, 15) is 8.78 Å². The second-order valence-corrected chi connectivity index (χ2v) is 5.04. The molecule has 1 aromatic carbocycles. The van der Waals surface area contributed by atoms with Gasteiger partial charge in [-0.2, -0.15) is 0 Å². The number of aromatic nitrogens is 1. The number of hydrogen-bond donors (Lipinski definition) is 1. The topological polar surface area (TPSA) is 24.9 Å². The highest BCUT2D eigenvalue weighted by Gasteiger charge is 2.05. The fourth-order valence-corrected chi connectivity index (χ4v) is 2.65.